The Balaban J connectivity index is 1.48. The van der Waals surface area contributed by atoms with Crippen molar-refractivity contribution >= 4 is 22.9 Å². The second-order valence-electron chi connectivity index (χ2n) is 8.65. The number of rotatable bonds is 5. The van der Waals surface area contributed by atoms with E-state index in [1.165, 1.54) is 16.0 Å². The van der Waals surface area contributed by atoms with Crippen LogP contribution in [0.4, 0.5) is 0 Å². The molecule has 28 heavy (non-hydrogen) atoms. The summed E-state index contributed by atoms with van der Waals surface area (Å²) in [5, 5.41) is 14.2. The fourth-order valence-corrected chi connectivity index (χ4v) is 6.37. The van der Waals surface area contributed by atoms with Crippen LogP contribution >= 0.6 is 22.9 Å². The van der Waals surface area contributed by atoms with Gasteiger partial charge in [-0.2, -0.15) is 5.10 Å². The predicted molar refractivity (Wildman–Crippen MR) is 113 cm³/mol. The molecule has 1 N–H and O–H groups in total. The van der Waals surface area contributed by atoms with Gasteiger partial charge in [0.1, 0.15) is 5.60 Å². The number of thiophene rings is 1. The molecular formula is C21H30ClN3O2S. The van der Waals surface area contributed by atoms with Crippen LogP contribution < -0.4 is 0 Å². The quantitative estimate of drug-likeness (QED) is 0.783. The Morgan fingerprint density at radius 2 is 2.29 bits per heavy atom. The van der Waals surface area contributed by atoms with Crippen LogP contribution in [0.2, 0.25) is 4.34 Å². The van der Waals surface area contributed by atoms with Gasteiger partial charge in [-0.1, -0.05) is 25.4 Å². The molecule has 4 heterocycles. The summed E-state index contributed by atoms with van der Waals surface area (Å²) in [4.78, 5) is 3.78. The van der Waals surface area contributed by atoms with Crippen LogP contribution in [0.5, 0.6) is 0 Å². The van der Waals surface area contributed by atoms with Gasteiger partial charge in [-0.25, -0.2) is 0 Å². The SMILES string of the molecule is CC(C)Cn1cc(CN2CC[C@]3(C[C@@H]2C)OCCc2c3sc(Cl)c2CO)cn1. The Morgan fingerprint density at radius 3 is 3.00 bits per heavy atom. The molecule has 2 aliphatic rings. The second kappa shape index (κ2) is 8.07. The van der Waals surface area contributed by atoms with Crippen molar-refractivity contribution in [1.29, 1.82) is 0 Å². The maximum absolute atomic E-state index is 9.73. The lowest BCUT2D eigenvalue weighted by molar-refractivity contribution is -0.110. The molecule has 2 aromatic rings. The molecular weight excluding hydrogens is 394 g/mol. The molecule has 0 bridgehead atoms. The van der Waals surface area contributed by atoms with Gasteiger partial charge in [0.2, 0.25) is 0 Å². The smallest absolute Gasteiger partial charge is 0.105 e. The summed E-state index contributed by atoms with van der Waals surface area (Å²) in [5.41, 5.74) is 3.18. The average molecular weight is 424 g/mol. The minimum atomic E-state index is -0.243. The van der Waals surface area contributed by atoms with Gasteiger partial charge in [-0.15, -0.1) is 11.3 Å². The van der Waals surface area contributed by atoms with Crippen molar-refractivity contribution in [3.8, 4) is 0 Å². The van der Waals surface area contributed by atoms with Gasteiger partial charge in [-0.05, 0) is 37.7 Å². The summed E-state index contributed by atoms with van der Waals surface area (Å²) < 4.78 is 9.17. The summed E-state index contributed by atoms with van der Waals surface area (Å²) in [6, 6.07) is 0.409. The molecule has 0 amide bonds. The maximum atomic E-state index is 9.73. The van der Waals surface area contributed by atoms with Crippen LogP contribution in [0.1, 0.15) is 55.2 Å². The third-order valence-corrected chi connectivity index (χ3v) is 7.75. The average Bonchev–Trinajstić information content (AvgIpc) is 3.21. The highest BCUT2D eigenvalue weighted by Gasteiger charge is 2.45. The van der Waals surface area contributed by atoms with Crippen molar-refractivity contribution in [2.75, 3.05) is 13.2 Å². The number of aliphatic hydroxyl groups is 1. The van der Waals surface area contributed by atoms with E-state index < -0.39 is 0 Å². The first-order valence-electron chi connectivity index (χ1n) is 10.2. The Bertz CT molecular complexity index is 834. The van der Waals surface area contributed by atoms with E-state index in [1.54, 1.807) is 11.3 Å². The number of aromatic nitrogens is 2. The molecule has 2 aromatic heterocycles. The van der Waals surface area contributed by atoms with Gasteiger partial charge < -0.3 is 9.84 Å². The van der Waals surface area contributed by atoms with E-state index in [0.717, 1.165) is 48.8 Å². The molecule has 2 aliphatic heterocycles. The van der Waals surface area contributed by atoms with E-state index in [-0.39, 0.29) is 12.2 Å². The fourth-order valence-electron chi connectivity index (χ4n) is 4.69. The van der Waals surface area contributed by atoms with Gasteiger partial charge in [0, 0.05) is 47.9 Å². The van der Waals surface area contributed by atoms with Crippen molar-refractivity contribution in [3.05, 3.63) is 38.3 Å². The van der Waals surface area contributed by atoms with Crippen molar-refractivity contribution < 1.29 is 9.84 Å². The fraction of sp³-hybridized carbons (Fsp3) is 0.667. The number of piperidine rings is 1. The molecule has 0 unspecified atom stereocenters. The molecule has 4 rings (SSSR count). The van der Waals surface area contributed by atoms with Crippen molar-refractivity contribution in [2.24, 2.45) is 5.92 Å². The number of halogens is 1. The summed E-state index contributed by atoms with van der Waals surface area (Å²) >= 11 is 8.04. The first kappa shape index (κ1) is 20.4. The van der Waals surface area contributed by atoms with E-state index in [9.17, 15) is 5.11 Å². The highest BCUT2D eigenvalue weighted by Crippen LogP contribution is 2.49. The van der Waals surface area contributed by atoms with Gasteiger partial charge in [-0.3, -0.25) is 9.58 Å². The molecule has 0 aromatic carbocycles. The number of hydrogen-bond acceptors (Lipinski definition) is 5. The molecule has 1 saturated heterocycles. The molecule has 1 spiro atoms. The van der Waals surface area contributed by atoms with Crippen LogP contribution in [0.3, 0.4) is 0 Å². The van der Waals surface area contributed by atoms with Gasteiger partial charge in [0.15, 0.2) is 0 Å². The van der Waals surface area contributed by atoms with Crippen LogP contribution in [-0.2, 0) is 36.5 Å². The Kier molecular flexibility index (Phi) is 5.87. The molecule has 0 saturated carbocycles. The van der Waals surface area contributed by atoms with E-state index in [2.05, 4.69) is 41.6 Å². The zero-order valence-electron chi connectivity index (χ0n) is 16.9. The van der Waals surface area contributed by atoms with Crippen LogP contribution in [0, 0.1) is 5.92 Å². The minimum absolute atomic E-state index is 0.0167. The number of fused-ring (bicyclic) bond motifs is 2. The lowest BCUT2D eigenvalue weighted by Gasteiger charge is -2.47. The van der Waals surface area contributed by atoms with E-state index in [1.807, 2.05) is 6.20 Å². The van der Waals surface area contributed by atoms with E-state index in [0.29, 0.717) is 18.6 Å². The normalized spacial score (nSPS) is 25.6. The zero-order chi connectivity index (χ0) is 19.9. The van der Waals surface area contributed by atoms with Gasteiger partial charge in [0.05, 0.1) is 23.7 Å². The highest BCUT2D eigenvalue weighted by atomic mass is 35.5. The second-order valence-corrected chi connectivity index (χ2v) is 10.3. The van der Waals surface area contributed by atoms with Crippen LogP contribution in [-0.4, -0.2) is 39.0 Å². The topological polar surface area (TPSA) is 50.5 Å². The molecule has 0 aliphatic carbocycles. The first-order chi connectivity index (χ1) is 13.4. The predicted octanol–water partition coefficient (Wildman–Crippen LogP) is 4.20. The summed E-state index contributed by atoms with van der Waals surface area (Å²) in [6.07, 6.45) is 6.96. The monoisotopic (exact) mass is 423 g/mol. The third kappa shape index (κ3) is 3.77. The maximum Gasteiger partial charge on any atom is 0.105 e. The number of ether oxygens (including phenoxy) is 1. The summed E-state index contributed by atoms with van der Waals surface area (Å²) in [5.74, 6) is 0.598. The molecule has 2 atom stereocenters. The molecule has 5 nitrogen and oxygen atoms in total. The Hall–Kier alpha value is -0.920. The Labute approximate surface area is 176 Å². The first-order valence-corrected chi connectivity index (χ1v) is 11.4. The van der Waals surface area contributed by atoms with E-state index in [4.69, 9.17) is 16.3 Å². The standard InChI is InChI=1S/C21H30ClN3O2S/c1-14(2)10-25-12-16(9-23-25)11-24-6-5-21(8-15(24)3)19-17(4-7-27-21)18(13-26)20(22)28-19/h9,12,14-15,26H,4-8,10-11,13H2,1-3H3/t15-,21+/m0/s1. The van der Waals surface area contributed by atoms with Crippen molar-refractivity contribution in [1.82, 2.24) is 14.7 Å². The minimum Gasteiger partial charge on any atom is -0.392 e. The number of likely N-dealkylation sites (tertiary alicyclic amines) is 1. The molecule has 7 heteroatoms. The number of hydrogen-bond donors (Lipinski definition) is 1. The van der Waals surface area contributed by atoms with Gasteiger partial charge >= 0.3 is 0 Å². The molecule has 154 valence electrons. The third-order valence-electron chi connectivity index (χ3n) is 6.05. The summed E-state index contributed by atoms with van der Waals surface area (Å²) in [7, 11) is 0. The number of aliphatic hydroxyl groups excluding tert-OH is 1. The molecule has 0 radical (unpaired) electrons. The zero-order valence-corrected chi connectivity index (χ0v) is 18.5. The van der Waals surface area contributed by atoms with Crippen molar-refractivity contribution in [3.63, 3.8) is 0 Å². The highest BCUT2D eigenvalue weighted by molar-refractivity contribution is 7.16. The summed E-state index contributed by atoms with van der Waals surface area (Å²) in [6.45, 7) is 10.3. The lowest BCUT2D eigenvalue weighted by Crippen LogP contribution is -2.50. The largest absolute Gasteiger partial charge is 0.392 e. The van der Waals surface area contributed by atoms with Crippen molar-refractivity contribution in [2.45, 2.75) is 71.4 Å². The van der Waals surface area contributed by atoms with Crippen LogP contribution in [0.15, 0.2) is 12.4 Å². The number of nitrogens with zero attached hydrogens (tertiary/aromatic N) is 3. The van der Waals surface area contributed by atoms with E-state index >= 15 is 0 Å². The molecule has 1 fully saturated rings. The van der Waals surface area contributed by atoms with Gasteiger partial charge in [0.25, 0.3) is 0 Å². The Morgan fingerprint density at radius 1 is 1.46 bits per heavy atom. The van der Waals surface area contributed by atoms with Crippen LogP contribution in [0.25, 0.3) is 0 Å². The lowest BCUT2D eigenvalue weighted by atomic mass is 9.81.